The summed E-state index contributed by atoms with van der Waals surface area (Å²) < 4.78 is 11.5. The summed E-state index contributed by atoms with van der Waals surface area (Å²) in [6.45, 7) is 4.12. The Morgan fingerprint density at radius 3 is 2.67 bits per heavy atom. The molecule has 0 saturated heterocycles. The first kappa shape index (κ1) is 11.1. The molecule has 0 atom stereocenters. The van der Waals surface area contributed by atoms with Crippen molar-refractivity contribution in [2.24, 2.45) is 0 Å². The fourth-order valence-electron chi connectivity index (χ4n) is 2.33. The van der Waals surface area contributed by atoms with Gasteiger partial charge in [-0.25, -0.2) is 0 Å². The molecule has 3 rings (SSSR count). The van der Waals surface area contributed by atoms with Crippen LogP contribution in [0.25, 0.3) is 16.8 Å². The Labute approximate surface area is 107 Å². The molecule has 0 fully saturated rings. The number of hydrogen-bond acceptors (Lipinski definition) is 2. The van der Waals surface area contributed by atoms with Crippen LogP contribution in [0.3, 0.4) is 0 Å². The van der Waals surface area contributed by atoms with Gasteiger partial charge in [0.1, 0.15) is 17.1 Å². The third-order valence-corrected chi connectivity index (χ3v) is 3.25. The van der Waals surface area contributed by atoms with Crippen LogP contribution >= 0.6 is 0 Å². The SMILES string of the molecule is COc1cccc2c3c(ccc12)C=CC(C)(C)O3. The standard InChI is InChI=1S/C16H16O2/c1-16(2)10-9-11-7-8-12-13(15(11)18-16)5-4-6-14(12)17-3/h4-10H,1-3H3. The zero-order valence-corrected chi connectivity index (χ0v) is 10.9. The van der Waals surface area contributed by atoms with E-state index in [1.54, 1.807) is 7.11 Å². The topological polar surface area (TPSA) is 18.5 Å². The van der Waals surface area contributed by atoms with Crippen molar-refractivity contribution in [3.05, 3.63) is 42.0 Å². The highest BCUT2D eigenvalue weighted by Gasteiger charge is 2.23. The lowest BCUT2D eigenvalue weighted by molar-refractivity contribution is 0.161. The predicted octanol–water partition coefficient (Wildman–Crippen LogP) is 4.03. The smallest absolute Gasteiger partial charge is 0.135 e. The molecule has 0 bridgehead atoms. The average Bonchev–Trinajstić information content (AvgIpc) is 2.36. The number of rotatable bonds is 1. The largest absolute Gasteiger partial charge is 0.496 e. The summed E-state index contributed by atoms with van der Waals surface area (Å²) in [5.74, 6) is 1.82. The summed E-state index contributed by atoms with van der Waals surface area (Å²) in [7, 11) is 1.69. The molecule has 2 aromatic carbocycles. The van der Waals surface area contributed by atoms with E-state index in [4.69, 9.17) is 9.47 Å². The Hall–Kier alpha value is -1.96. The lowest BCUT2D eigenvalue weighted by Crippen LogP contribution is -2.27. The summed E-state index contributed by atoms with van der Waals surface area (Å²) in [4.78, 5) is 0. The fraction of sp³-hybridized carbons (Fsp3) is 0.250. The van der Waals surface area contributed by atoms with Gasteiger partial charge in [0.25, 0.3) is 0 Å². The molecule has 2 nitrogen and oxygen atoms in total. The van der Waals surface area contributed by atoms with Crippen LogP contribution in [-0.2, 0) is 0 Å². The van der Waals surface area contributed by atoms with Crippen LogP contribution < -0.4 is 9.47 Å². The maximum atomic E-state index is 6.09. The van der Waals surface area contributed by atoms with Gasteiger partial charge in [0.15, 0.2) is 0 Å². The van der Waals surface area contributed by atoms with Gasteiger partial charge >= 0.3 is 0 Å². The Kier molecular flexibility index (Phi) is 2.34. The van der Waals surface area contributed by atoms with Gasteiger partial charge in [-0.1, -0.05) is 24.3 Å². The van der Waals surface area contributed by atoms with E-state index < -0.39 is 0 Å². The van der Waals surface area contributed by atoms with E-state index in [1.165, 1.54) is 0 Å². The van der Waals surface area contributed by atoms with Gasteiger partial charge in [0.2, 0.25) is 0 Å². The summed E-state index contributed by atoms with van der Waals surface area (Å²) in [6, 6.07) is 10.2. The second-order valence-corrected chi connectivity index (χ2v) is 5.08. The number of hydrogen-bond donors (Lipinski definition) is 0. The van der Waals surface area contributed by atoms with Crippen molar-refractivity contribution >= 4 is 16.8 Å². The van der Waals surface area contributed by atoms with Gasteiger partial charge in [0.05, 0.1) is 7.11 Å². The molecule has 1 aliphatic rings. The second kappa shape index (κ2) is 3.77. The van der Waals surface area contributed by atoms with Gasteiger partial charge in [-0.05, 0) is 32.1 Å². The van der Waals surface area contributed by atoms with Crippen LogP contribution in [0.1, 0.15) is 19.4 Å². The molecule has 2 heteroatoms. The lowest BCUT2D eigenvalue weighted by Gasteiger charge is -2.29. The monoisotopic (exact) mass is 240 g/mol. The van der Waals surface area contributed by atoms with Crippen molar-refractivity contribution < 1.29 is 9.47 Å². The Morgan fingerprint density at radius 1 is 1.06 bits per heavy atom. The summed E-state index contributed by atoms with van der Waals surface area (Å²) in [6.07, 6.45) is 4.21. The molecule has 0 aliphatic carbocycles. The van der Waals surface area contributed by atoms with E-state index in [9.17, 15) is 0 Å². The van der Waals surface area contributed by atoms with E-state index in [-0.39, 0.29) is 5.60 Å². The summed E-state index contributed by atoms with van der Waals surface area (Å²) >= 11 is 0. The third-order valence-electron chi connectivity index (χ3n) is 3.25. The van der Waals surface area contributed by atoms with Crippen molar-refractivity contribution in [1.29, 1.82) is 0 Å². The Morgan fingerprint density at radius 2 is 1.89 bits per heavy atom. The van der Waals surface area contributed by atoms with Gasteiger partial charge < -0.3 is 9.47 Å². The molecule has 0 spiro atoms. The zero-order chi connectivity index (χ0) is 12.8. The number of fused-ring (bicyclic) bond motifs is 3. The van der Waals surface area contributed by atoms with Crippen LogP contribution in [0, 0.1) is 0 Å². The van der Waals surface area contributed by atoms with Gasteiger partial charge in [-0.15, -0.1) is 0 Å². The second-order valence-electron chi connectivity index (χ2n) is 5.08. The molecule has 18 heavy (non-hydrogen) atoms. The van der Waals surface area contributed by atoms with E-state index in [0.29, 0.717) is 0 Å². The molecule has 0 unspecified atom stereocenters. The first-order chi connectivity index (χ1) is 8.61. The third kappa shape index (κ3) is 1.65. The van der Waals surface area contributed by atoms with Crippen LogP contribution in [0.2, 0.25) is 0 Å². The molecule has 92 valence electrons. The normalized spacial score (nSPS) is 16.2. The van der Waals surface area contributed by atoms with Crippen molar-refractivity contribution in [3.63, 3.8) is 0 Å². The molecule has 0 amide bonds. The first-order valence-corrected chi connectivity index (χ1v) is 6.09. The summed E-state index contributed by atoms with van der Waals surface area (Å²) in [5.41, 5.74) is 0.861. The quantitative estimate of drug-likeness (QED) is 0.749. The first-order valence-electron chi connectivity index (χ1n) is 6.09. The van der Waals surface area contributed by atoms with E-state index in [1.807, 2.05) is 12.1 Å². The van der Waals surface area contributed by atoms with Crippen LogP contribution in [-0.4, -0.2) is 12.7 Å². The molecule has 0 aromatic heterocycles. The van der Waals surface area contributed by atoms with Gasteiger partial charge in [-0.3, -0.25) is 0 Å². The minimum absolute atomic E-state index is 0.260. The van der Waals surface area contributed by atoms with Crippen LogP contribution in [0.15, 0.2) is 36.4 Å². The highest BCUT2D eigenvalue weighted by molar-refractivity contribution is 5.96. The van der Waals surface area contributed by atoms with Crippen molar-refractivity contribution in [2.45, 2.75) is 19.4 Å². The summed E-state index contributed by atoms with van der Waals surface area (Å²) in [5, 5.41) is 2.19. The Bertz CT molecular complexity index is 639. The molecule has 0 saturated carbocycles. The molecule has 1 aliphatic heterocycles. The molecule has 1 heterocycles. The van der Waals surface area contributed by atoms with Crippen molar-refractivity contribution in [2.75, 3.05) is 7.11 Å². The molecular weight excluding hydrogens is 224 g/mol. The minimum atomic E-state index is -0.260. The zero-order valence-electron chi connectivity index (χ0n) is 10.9. The average molecular weight is 240 g/mol. The Balaban J connectivity index is 2.31. The van der Waals surface area contributed by atoms with Crippen LogP contribution in [0.4, 0.5) is 0 Å². The number of methoxy groups -OCH3 is 1. The van der Waals surface area contributed by atoms with E-state index in [0.717, 1.165) is 27.8 Å². The molecule has 0 N–H and O–H groups in total. The maximum absolute atomic E-state index is 6.09. The lowest BCUT2D eigenvalue weighted by atomic mass is 9.98. The van der Waals surface area contributed by atoms with E-state index in [2.05, 4.69) is 44.2 Å². The minimum Gasteiger partial charge on any atom is -0.496 e. The van der Waals surface area contributed by atoms with Gasteiger partial charge in [-0.2, -0.15) is 0 Å². The fourth-order valence-corrected chi connectivity index (χ4v) is 2.33. The van der Waals surface area contributed by atoms with Crippen molar-refractivity contribution in [3.8, 4) is 11.5 Å². The molecule has 2 aromatic rings. The maximum Gasteiger partial charge on any atom is 0.135 e. The highest BCUT2D eigenvalue weighted by atomic mass is 16.5. The highest BCUT2D eigenvalue weighted by Crippen LogP contribution is 2.39. The van der Waals surface area contributed by atoms with Crippen molar-refractivity contribution in [1.82, 2.24) is 0 Å². The van der Waals surface area contributed by atoms with Gasteiger partial charge in [0, 0.05) is 16.3 Å². The van der Waals surface area contributed by atoms with E-state index >= 15 is 0 Å². The van der Waals surface area contributed by atoms with Crippen LogP contribution in [0.5, 0.6) is 11.5 Å². The number of ether oxygens (including phenoxy) is 2. The molecule has 0 radical (unpaired) electrons. The number of benzene rings is 2. The predicted molar refractivity (Wildman–Crippen MR) is 74.2 cm³/mol. The molecular formula is C16H16O2.